The largest absolute Gasteiger partial charge is 0.481 e. The Balaban J connectivity index is 2.66. The number of nitrogens with zero attached hydrogens (tertiary/aromatic N) is 3. The first-order valence-corrected chi connectivity index (χ1v) is 5.77. The minimum atomic E-state index is -0.769. The van der Waals surface area contributed by atoms with Gasteiger partial charge in [0.25, 0.3) is 0 Å². The van der Waals surface area contributed by atoms with E-state index in [2.05, 4.69) is 14.9 Å². The average molecular weight is 237 g/mol. The molecule has 1 heterocycles. The van der Waals surface area contributed by atoms with Gasteiger partial charge in [-0.2, -0.15) is 0 Å². The number of aliphatic carboxylic acids is 1. The van der Waals surface area contributed by atoms with Crippen molar-refractivity contribution in [2.24, 2.45) is 0 Å². The summed E-state index contributed by atoms with van der Waals surface area (Å²) in [5, 5.41) is 8.79. The molecule has 0 aliphatic heterocycles. The predicted molar refractivity (Wildman–Crippen MR) is 64.6 cm³/mol. The molecule has 0 spiro atoms. The van der Waals surface area contributed by atoms with E-state index in [1.807, 2.05) is 26.8 Å². The van der Waals surface area contributed by atoms with Crippen LogP contribution < -0.4 is 0 Å². The van der Waals surface area contributed by atoms with Gasteiger partial charge in [0.15, 0.2) is 0 Å². The Morgan fingerprint density at radius 1 is 1.59 bits per heavy atom. The van der Waals surface area contributed by atoms with E-state index in [-0.39, 0.29) is 12.5 Å². The van der Waals surface area contributed by atoms with Crippen molar-refractivity contribution >= 4 is 5.97 Å². The second kappa shape index (κ2) is 6.30. The molecule has 0 aromatic carbocycles. The van der Waals surface area contributed by atoms with E-state index in [0.29, 0.717) is 6.54 Å². The Morgan fingerprint density at radius 2 is 2.29 bits per heavy atom. The zero-order chi connectivity index (χ0) is 12.8. The minimum Gasteiger partial charge on any atom is -0.481 e. The van der Waals surface area contributed by atoms with Gasteiger partial charge in [0.2, 0.25) is 0 Å². The number of aromatic nitrogens is 2. The van der Waals surface area contributed by atoms with Gasteiger partial charge in [0.1, 0.15) is 5.82 Å². The van der Waals surface area contributed by atoms with Crippen LogP contribution in [0.15, 0.2) is 12.3 Å². The third-order valence-corrected chi connectivity index (χ3v) is 2.70. The third-order valence-electron chi connectivity index (χ3n) is 2.70. The van der Waals surface area contributed by atoms with Crippen LogP contribution in [0.5, 0.6) is 0 Å². The van der Waals surface area contributed by atoms with Gasteiger partial charge in [-0.25, -0.2) is 9.97 Å². The summed E-state index contributed by atoms with van der Waals surface area (Å²) in [4.78, 5) is 21.1. The number of carboxylic acid groups (broad SMARTS) is 1. The first-order valence-electron chi connectivity index (χ1n) is 5.77. The number of aryl methyl sites for hydroxylation is 1. The quantitative estimate of drug-likeness (QED) is 0.811. The zero-order valence-electron chi connectivity index (χ0n) is 10.6. The molecule has 1 N–H and O–H groups in total. The topological polar surface area (TPSA) is 66.3 Å². The van der Waals surface area contributed by atoms with E-state index < -0.39 is 5.97 Å². The van der Waals surface area contributed by atoms with Crippen LogP contribution in [0.3, 0.4) is 0 Å². The highest BCUT2D eigenvalue weighted by Crippen LogP contribution is 2.08. The van der Waals surface area contributed by atoms with E-state index in [1.165, 1.54) is 0 Å². The lowest BCUT2D eigenvalue weighted by Crippen LogP contribution is -2.34. The van der Waals surface area contributed by atoms with Crippen LogP contribution >= 0.6 is 0 Å². The maximum absolute atomic E-state index is 10.7. The predicted octanol–water partition coefficient (Wildman–Crippen LogP) is 1.47. The lowest BCUT2D eigenvalue weighted by Gasteiger charge is -2.26. The van der Waals surface area contributed by atoms with Crippen LogP contribution in [0.4, 0.5) is 0 Å². The Morgan fingerprint density at radius 3 is 2.82 bits per heavy atom. The Kier molecular flexibility index (Phi) is 5.03. The van der Waals surface area contributed by atoms with Crippen LogP contribution in [0.2, 0.25) is 0 Å². The summed E-state index contributed by atoms with van der Waals surface area (Å²) in [6, 6.07) is 1.87. The molecule has 0 saturated carbocycles. The van der Waals surface area contributed by atoms with Gasteiger partial charge < -0.3 is 5.11 Å². The van der Waals surface area contributed by atoms with Gasteiger partial charge in [0, 0.05) is 18.8 Å². The fourth-order valence-corrected chi connectivity index (χ4v) is 1.76. The second-order valence-corrected chi connectivity index (χ2v) is 4.11. The molecule has 17 heavy (non-hydrogen) atoms. The molecule has 0 aliphatic rings. The summed E-state index contributed by atoms with van der Waals surface area (Å²) in [6.07, 6.45) is 1.88. The standard InChI is InChI=1S/C12H19N3O2/c1-4-15(9(2)7-12(16)17)8-11-5-6-13-10(3)14-11/h5-6,9H,4,7-8H2,1-3H3,(H,16,17). The lowest BCUT2D eigenvalue weighted by molar-refractivity contribution is -0.138. The van der Waals surface area contributed by atoms with Crippen molar-refractivity contribution < 1.29 is 9.90 Å². The highest BCUT2D eigenvalue weighted by atomic mass is 16.4. The first-order chi connectivity index (χ1) is 8.02. The molecule has 1 atom stereocenters. The SMILES string of the molecule is CCN(Cc1ccnc(C)n1)C(C)CC(=O)O. The first kappa shape index (κ1) is 13.6. The number of hydrogen-bond acceptors (Lipinski definition) is 4. The molecule has 0 amide bonds. The van der Waals surface area contributed by atoms with E-state index in [1.54, 1.807) is 6.20 Å². The molecule has 0 aliphatic carbocycles. The van der Waals surface area contributed by atoms with Crippen molar-refractivity contribution in [2.75, 3.05) is 6.54 Å². The van der Waals surface area contributed by atoms with E-state index in [9.17, 15) is 4.79 Å². The number of carboxylic acids is 1. The number of carbonyl (C=O) groups is 1. The van der Waals surface area contributed by atoms with Crippen molar-refractivity contribution in [1.29, 1.82) is 0 Å². The molecule has 0 radical (unpaired) electrons. The molecule has 1 aromatic rings. The van der Waals surface area contributed by atoms with E-state index in [0.717, 1.165) is 18.1 Å². The molecule has 0 saturated heterocycles. The van der Waals surface area contributed by atoms with Crippen LogP contribution in [-0.2, 0) is 11.3 Å². The third kappa shape index (κ3) is 4.48. The molecule has 1 rings (SSSR count). The number of rotatable bonds is 6. The highest BCUT2D eigenvalue weighted by Gasteiger charge is 2.16. The minimum absolute atomic E-state index is 0.00720. The normalized spacial score (nSPS) is 12.7. The zero-order valence-corrected chi connectivity index (χ0v) is 10.6. The van der Waals surface area contributed by atoms with Crippen molar-refractivity contribution in [1.82, 2.24) is 14.9 Å². The molecule has 5 nitrogen and oxygen atoms in total. The molecule has 1 aromatic heterocycles. The molecule has 1 unspecified atom stereocenters. The van der Waals surface area contributed by atoms with Crippen molar-refractivity contribution in [3.05, 3.63) is 23.8 Å². The summed E-state index contributed by atoms with van der Waals surface area (Å²) >= 11 is 0. The van der Waals surface area contributed by atoms with Gasteiger partial charge >= 0.3 is 5.97 Å². The van der Waals surface area contributed by atoms with Gasteiger partial charge in [-0.15, -0.1) is 0 Å². The van der Waals surface area contributed by atoms with Crippen LogP contribution in [0.25, 0.3) is 0 Å². The number of hydrogen-bond donors (Lipinski definition) is 1. The maximum atomic E-state index is 10.7. The van der Waals surface area contributed by atoms with E-state index >= 15 is 0 Å². The molecule has 94 valence electrons. The molecular weight excluding hydrogens is 218 g/mol. The van der Waals surface area contributed by atoms with Crippen molar-refractivity contribution in [2.45, 2.75) is 39.8 Å². The van der Waals surface area contributed by atoms with Gasteiger partial charge in [0.05, 0.1) is 12.1 Å². The van der Waals surface area contributed by atoms with Crippen LogP contribution in [0.1, 0.15) is 31.8 Å². The smallest absolute Gasteiger partial charge is 0.304 e. The van der Waals surface area contributed by atoms with Crippen LogP contribution in [-0.4, -0.2) is 38.5 Å². The average Bonchev–Trinajstić information content (AvgIpc) is 2.24. The maximum Gasteiger partial charge on any atom is 0.304 e. The second-order valence-electron chi connectivity index (χ2n) is 4.11. The lowest BCUT2D eigenvalue weighted by atomic mass is 10.2. The Bertz CT molecular complexity index is 382. The fraction of sp³-hybridized carbons (Fsp3) is 0.583. The van der Waals surface area contributed by atoms with Crippen LogP contribution in [0, 0.1) is 6.92 Å². The molecule has 0 fully saturated rings. The summed E-state index contributed by atoms with van der Waals surface area (Å²) < 4.78 is 0. The Hall–Kier alpha value is -1.49. The monoisotopic (exact) mass is 237 g/mol. The van der Waals surface area contributed by atoms with Crippen molar-refractivity contribution in [3.63, 3.8) is 0 Å². The Labute approximate surface area is 102 Å². The summed E-state index contributed by atoms with van der Waals surface area (Å²) in [7, 11) is 0. The van der Waals surface area contributed by atoms with Crippen molar-refractivity contribution in [3.8, 4) is 0 Å². The molecule has 5 heteroatoms. The summed E-state index contributed by atoms with van der Waals surface area (Å²) in [5.74, 6) is -0.0285. The van der Waals surface area contributed by atoms with E-state index in [4.69, 9.17) is 5.11 Å². The van der Waals surface area contributed by atoms with Gasteiger partial charge in [-0.3, -0.25) is 9.69 Å². The summed E-state index contributed by atoms with van der Waals surface area (Å²) in [6.45, 7) is 7.25. The van der Waals surface area contributed by atoms with Gasteiger partial charge in [-0.1, -0.05) is 6.92 Å². The molecule has 0 bridgehead atoms. The summed E-state index contributed by atoms with van der Waals surface area (Å²) in [5.41, 5.74) is 0.927. The molecular formula is C12H19N3O2. The van der Waals surface area contributed by atoms with Gasteiger partial charge in [-0.05, 0) is 26.5 Å². The highest BCUT2D eigenvalue weighted by molar-refractivity contribution is 5.67. The fourth-order valence-electron chi connectivity index (χ4n) is 1.76.